The molecule has 1 aliphatic carbocycles. The van der Waals surface area contributed by atoms with Gasteiger partial charge in [-0.05, 0) is 47.3 Å². The zero-order valence-corrected chi connectivity index (χ0v) is 29.8. The molecular weight excluding hydrogens is 612 g/mol. The Kier molecular flexibility index (Phi) is 11.6. The molecule has 0 bridgehead atoms. The van der Waals surface area contributed by atoms with Crippen LogP contribution in [0.4, 0.5) is 4.79 Å². The number of rotatable bonds is 12. The standard InChI is InChI=1S/C32H56N6O7S/c1-18(2)21-16-38(24(19(21)3)28(41)34-22(15-20-11-12-20)25(39)27(33)40)29(42)26(32(7,8)9)36-30(43)35-23(31(4,5)6)17-37-13-10-14-46(37,44)45/h18-24,26H,10-17H2,1-9H3,(H2,33,40)(H,34,41)(H2,35,36,43)/t19-,21+,22?,23+,24-,26+/m0/s1. The van der Waals surface area contributed by atoms with Gasteiger partial charge in [0.25, 0.3) is 5.91 Å². The van der Waals surface area contributed by atoms with Crippen LogP contribution in [0.1, 0.15) is 88.0 Å². The SMILES string of the molecule is CC(C)[C@H]1CN(C(=O)[C@@H](NC(=O)N[C@H](CN2CCCS2(=O)=O)C(C)(C)C)C(C)(C)C)[C@H](C(=O)NC(CC2CC2)C(=O)C(N)=O)[C@H]1C. The van der Waals surface area contributed by atoms with Gasteiger partial charge in [0, 0.05) is 25.7 Å². The van der Waals surface area contributed by atoms with E-state index in [1.165, 1.54) is 9.21 Å². The summed E-state index contributed by atoms with van der Waals surface area (Å²) in [4.78, 5) is 67.7. The summed E-state index contributed by atoms with van der Waals surface area (Å²) in [5.74, 6) is -2.79. The van der Waals surface area contributed by atoms with Gasteiger partial charge in [0.05, 0.1) is 11.8 Å². The van der Waals surface area contributed by atoms with Crippen LogP contribution in [-0.2, 0) is 29.2 Å². The molecule has 0 aromatic rings. The molecule has 5 N–H and O–H groups in total. The van der Waals surface area contributed by atoms with E-state index < -0.39 is 74.6 Å². The molecule has 0 aromatic heterocycles. The van der Waals surface area contributed by atoms with Gasteiger partial charge in [-0.25, -0.2) is 13.2 Å². The van der Waals surface area contributed by atoms with Gasteiger partial charge in [0.1, 0.15) is 12.1 Å². The minimum absolute atomic E-state index is 0.0319. The van der Waals surface area contributed by atoms with E-state index >= 15 is 0 Å². The van der Waals surface area contributed by atoms with Crippen LogP contribution in [0.25, 0.3) is 0 Å². The van der Waals surface area contributed by atoms with Crippen LogP contribution in [0, 0.1) is 34.5 Å². The molecule has 14 heteroatoms. The average Bonchev–Trinajstić information content (AvgIpc) is 3.57. The quantitative estimate of drug-likeness (QED) is 0.227. The number of carbonyl (C=O) groups excluding carboxylic acids is 5. The lowest BCUT2D eigenvalue weighted by Gasteiger charge is -2.38. The van der Waals surface area contributed by atoms with Gasteiger partial charge in [-0.15, -0.1) is 0 Å². The first kappa shape index (κ1) is 37.7. The van der Waals surface area contributed by atoms with Gasteiger partial charge < -0.3 is 26.6 Å². The molecule has 3 rings (SSSR count). The zero-order chi connectivity index (χ0) is 34.9. The Morgan fingerprint density at radius 3 is 2.00 bits per heavy atom. The highest BCUT2D eigenvalue weighted by Crippen LogP contribution is 2.37. The van der Waals surface area contributed by atoms with E-state index in [2.05, 4.69) is 16.0 Å². The third kappa shape index (κ3) is 9.20. The Bertz CT molecular complexity index is 1280. The largest absolute Gasteiger partial charge is 0.363 e. The number of hydrogen-bond donors (Lipinski definition) is 4. The number of sulfonamides is 1. The summed E-state index contributed by atoms with van der Waals surface area (Å²) in [5.41, 5.74) is 4.04. The van der Waals surface area contributed by atoms with Crippen LogP contribution in [0.5, 0.6) is 0 Å². The molecule has 262 valence electrons. The van der Waals surface area contributed by atoms with Gasteiger partial charge in [-0.2, -0.15) is 4.31 Å². The summed E-state index contributed by atoms with van der Waals surface area (Å²) in [6.45, 7) is 17.9. The minimum atomic E-state index is -3.39. The zero-order valence-electron chi connectivity index (χ0n) is 29.0. The number of nitrogens with zero attached hydrogens (tertiary/aromatic N) is 2. The second-order valence-electron chi connectivity index (χ2n) is 16.0. The molecular formula is C32H56N6O7S. The smallest absolute Gasteiger partial charge is 0.315 e. The van der Waals surface area contributed by atoms with E-state index in [4.69, 9.17) is 5.73 Å². The number of nitrogens with one attached hydrogen (secondary N) is 3. The van der Waals surface area contributed by atoms with E-state index in [9.17, 15) is 32.4 Å². The maximum absolute atomic E-state index is 14.4. The highest BCUT2D eigenvalue weighted by Gasteiger charge is 2.50. The molecule has 5 amide bonds. The Labute approximate surface area is 274 Å². The normalized spacial score (nSPS) is 25.5. The van der Waals surface area contributed by atoms with Gasteiger partial charge in [-0.3, -0.25) is 19.2 Å². The molecule has 1 saturated carbocycles. The minimum Gasteiger partial charge on any atom is -0.363 e. The third-order valence-electron chi connectivity index (χ3n) is 9.79. The predicted molar refractivity (Wildman–Crippen MR) is 175 cm³/mol. The molecule has 3 fully saturated rings. The highest BCUT2D eigenvalue weighted by molar-refractivity contribution is 7.89. The van der Waals surface area contributed by atoms with E-state index in [1.54, 1.807) is 0 Å². The second-order valence-corrected chi connectivity index (χ2v) is 18.1. The Morgan fingerprint density at radius 2 is 1.54 bits per heavy atom. The van der Waals surface area contributed by atoms with E-state index in [1.807, 2.05) is 62.3 Å². The van der Waals surface area contributed by atoms with Crippen LogP contribution >= 0.6 is 0 Å². The molecule has 13 nitrogen and oxygen atoms in total. The first-order valence-corrected chi connectivity index (χ1v) is 18.1. The highest BCUT2D eigenvalue weighted by atomic mass is 32.2. The molecule has 3 aliphatic rings. The number of carbonyl (C=O) groups is 5. The third-order valence-corrected chi connectivity index (χ3v) is 11.7. The summed E-state index contributed by atoms with van der Waals surface area (Å²) in [6, 6.07) is -4.19. The van der Waals surface area contributed by atoms with Crippen molar-refractivity contribution in [1.29, 1.82) is 0 Å². The van der Waals surface area contributed by atoms with E-state index in [0.29, 0.717) is 19.4 Å². The topological polar surface area (TPSA) is 188 Å². The van der Waals surface area contributed by atoms with Crippen molar-refractivity contribution in [2.75, 3.05) is 25.4 Å². The number of amides is 5. The summed E-state index contributed by atoms with van der Waals surface area (Å²) in [5, 5.41) is 8.53. The first-order chi connectivity index (χ1) is 21.0. The molecule has 2 heterocycles. The van der Waals surface area contributed by atoms with Gasteiger partial charge in [0.2, 0.25) is 27.6 Å². The Hall–Kier alpha value is -2.74. The number of hydrogen-bond acceptors (Lipinski definition) is 7. The number of nitrogens with two attached hydrogens (primary N) is 1. The summed E-state index contributed by atoms with van der Waals surface area (Å²) < 4.78 is 26.4. The van der Waals surface area contributed by atoms with Crippen LogP contribution in [-0.4, -0.2) is 96.7 Å². The fourth-order valence-electron chi connectivity index (χ4n) is 6.58. The van der Waals surface area contributed by atoms with Gasteiger partial charge >= 0.3 is 6.03 Å². The fraction of sp³-hybridized carbons (Fsp3) is 0.844. The van der Waals surface area contributed by atoms with Crippen LogP contribution in [0.15, 0.2) is 0 Å². The Balaban J connectivity index is 1.85. The molecule has 1 unspecified atom stereocenters. The van der Waals surface area contributed by atoms with E-state index in [-0.39, 0.29) is 42.5 Å². The Morgan fingerprint density at radius 1 is 0.935 bits per heavy atom. The van der Waals surface area contributed by atoms with E-state index in [0.717, 1.165) is 12.8 Å². The number of ketones is 1. The summed E-state index contributed by atoms with van der Waals surface area (Å²) >= 11 is 0. The molecule has 0 spiro atoms. The maximum Gasteiger partial charge on any atom is 0.315 e. The fourth-order valence-corrected chi connectivity index (χ4v) is 8.11. The van der Waals surface area contributed by atoms with Gasteiger partial charge in [-0.1, -0.05) is 75.2 Å². The van der Waals surface area contributed by atoms with Crippen LogP contribution in [0.3, 0.4) is 0 Å². The lowest BCUT2D eigenvalue weighted by atomic mass is 9.83. The van der Waals surface area contributed by atoms with Crippen molar-refractivity contribution in [2.45, 2.75) is 112 Å². The lowest BCUT2D eigenvalue weighted by Crippen LogP contribution is -2.62. The molecule has 0 radical (unpaired) electrons. The van der Waals surface area contributed by atoms with Gasteiger partial charge in [0.15, 0.2) is 0 Å². The number of primary amides is 1. The molecule has 2 saturated heterocycles. The van der Waals surface area contributed by atoms with Crippen LogP contribution < -0.4 is 21.7 Å². The summed E-state index contributed by atoms with van der Waals surface area (Å²) in [7, 11) is -3.39. The molecule has 2 aliphatic heterocycles. The number of Topliss-reactive ketones (excluding diaryl/α,β-unsaturated/α-hetero) is 1. The lowest BCUT2D eigenvalue weighted by molar-refractivity contribution is -0.144. The summed E-state index contributed by atoms with van der Waals surface area (Å²) in [6.07, 6.45) is 2.66. The van der Waals surface area contributed by atoms with Crippen molar-refractivity contribution < 1.29 is 32.4 Å². The van der Waals surface area contributed by atoms with Crippen molar-refractivity contribution in [1.82, 2.24) is 25.2 Å². The predicted octanol–water partition coefficient (Wildman–Crippen LogP) is 1.61. The van der Waals surface area contributed by atoms with Crippen molar-refractivity contribution in [3.63, 3.8) is 0 Å². The van der Waals surface area contributed by atoms with Crippen molar-refractivity contribution >= 4 is 39.6 Å². The second kappa shape index (κ2) is 14.2. The van der Waals surface area contributed by atoms with Crippen molar-refractivity contribution in [3.8, 4) is 0 Å². The monoisotopic (exact) mass is 668 g/mol. The molecule has 0 aromatic carbocycles. The maximum atomic E-state index is 14.4. The molecule has 6 atom stereocenters. The van der Waals surface area contributed by atoms with Crippen molar-refractivity contribution in [2.24, 2.45) is 40.2 Å². The first-order valence-electron chi connectivity index (χ1n) is 16.5. The number of likely N-dealkylation sites (tertiary alicyclic amines) is 1. The van der Waals surface area contributed by atoms with Crippen molar-refractivity contribution in [3.05, 3.63) is 0 Å². The average molecular weight is 669 g/mol. The number of urea groups is 1. The van der Waals surface area contributed by atoms with Crippen LogP contribution in [0.2, 0.25) is 0 Å². The molecule has 46 heavy (non-hydrogen) atoms.